The maximum Gasteiger partial charge on any atom is 0.348 e. The second kappa shape index (κ2) is 6.65. The highest BCUT2D eigenvalue weighted by Gasteiger charge is 2.23. The first-order chi connectivity index (χ1) is 13.1. The molecule has 0 atom stereocenters. The van der Waals surface area contributed by atoms with Crippen molar-refractivity contribution in [3.63, 3.8) is 0 Å². The van der Waals surface area contributed by atoms with Crippen LogP contribution in [-0.2, 0) is 0 Å². The fraction of sp³-hybridized carbons (Fsp3) is 0.0526. The molecule has 0 aliphatic carbocycles. The zero-order valence-electron chi connectivity index (χ0n) is 14.2. The summed E-state index contributed by atoms with van der Waals surface area (Å²) in [6.45, 7) is 0. The molecule has 3 N–H and O–H groups in total. The van der Waals surface area contributed by atoms with E-state index >= 15 is 0 Å². The molecule has 3 aromatic heterocycles. The highest BCUT2D eigenvalue weighted by atomic mass is 32.1. The summed E-state index contributed by atoms with van der Waals surface area (Å²) in [4.78, 5) is 25.4. The number of para-hydroxylation sites is 1. The fourth-order valence-electron chi connectivity index (χ4n) is 2.85. The number of hydrogen-bond acceptors (Lipinski definition) is 7. The summed E-state index contributed by atoms with van der Waals surface area (Å²) >= 11 is 1.03. The first-order valence-corrected chi connectivity index (χ1v) is 8.79. The lowest BCUT2D eigenvalue weighted by Crippen LogP contribution is -1.99. The smallest absolute Gasteiger partial charge is 0.348 e. The van der Waals surface area contributed by atoms with E-state index in [1.807, 2.05) is 24.3 Å². The predicted octanol–water partition coefficient (Wildman–Crippen LogP) is 3.71. The number of anilines is 1. The molecule has 0 radical (unpaired) electrons. The third-order valence-corrected chi connectivity index (χ3v) is 5.17. The molecule has 0 aliphatic heterocycles. The fourth-order valence-corrected chi connectivity index (χ4v) is 3.78. The number of carboxylic acid groups (broad SMARTS) is 1. The first kappa shape index (κ1) is 16.9. The second-order valence-electron chi connectivity index (χ2n) is 5.66. The molecule has 27 heavy (non-hydrogen) atoms. The van der Waals surface area contributed by atoms with Crippen molar-refractivity contribution in [2.45, 2.75) is 0 Å². The Labute approximate surface area is 158 Å². The van der Waals surface area contributed by atoms with Gasteiger partial charge < -0.3 is 15.6 Å². The number of pyridine rings is 1. The van der Waals surface area contributed by atoms with Crippen LogP contribution in [0.3, 0.4) is 0 Å². The molecule has 0 amide bonds. The van der Waals surface area contributed by atoms with Gasteiger partial charge in [0.25, 0.3) is 0 Å². The molecule has 0 saturated carbocycles. The number of carbonyl (C=O) groups is 1. The third-order valence-electron chi connectivity index (χ3n) is 4.08. The first-order valence-electron chi connectivity index (χ1n) is 7.97. The molecule has 4 rings (SSSR count). The zero-order chi connectivity index (χ0) is 19.0. The summed E-state index contributed by atoms with van der Waals surface area (Å²) in [5.41, 5.74) is 8.33. The van der Waals surface area contributed by atoms with Crippen LogP contribution in [0.15, 0.2) is 48.8 Å². The number of nitrogens with zero attached hydrogens (tertiary/aromatic N) is 3. The molecule has 3 heterocycles. The lowest BCUT2D eigenvalue weighted by molar-refractivity contribution is 0.0703. The van der Waals surface area contributed by atoms with E-state index in [2.05, 4.69) is 9.97 Å². The zero-order valence-corrected chi connectivity index (χ0v) is 15.0. The van der Waals surface area contributed by atoms with E-state index in [0.717, 1.165) is 16.9 Å². The largest absolute Gasteiger partial charge is 0.496 e. The number of thiophene rings is 1. The molecular weight excluding hydrogens is 364 g/mol. The lowest BCUT2D eigenvalue weighted by Gasteiger charge is -2.11. The number of fused-ring (bicyclic) bond motifs is 1. The van der Waals surface area contributed by atoms with E-state index in [1.54, 1.807) is 31.6 Å². The van der Waals surface area contributed by atoms with Crippen LogP contribution in [0.5, 0.6) is 5.75 Å². The predicted molar refractivity (Wildman–Crippen MR) is 104 cm³/mol. The average Bonchev–Trinajstić information content (AvgIpc) is 3.05. The Morgan fingerprint density at radius 3 is 2.59 bits per heavy atom. The van der Waals surface area contributed by atoms with Gasteiger partial charge >= 0.3 is 5.97 Å². The number of rotatable bonds is 4. The van der Waals surface area contributed by atoms with Gasteiger partial charge in [0.1, 0.15) is 15.5 Å². The maximum atomic E-state index is 11.6. The standard InChI is InChI=1S/C19H14N4O3S/c1-26-12-5-3-2-4-11(12)15-13-14(20)16(19(24)25)27-18(13)23-17(22-15)10-6-8-21-9-7-10/h2-9H,20H2,1H3,(H,24,25). The van der Waals surface area contributed by atoms with E-state index in [9.17, 15) is 9.90 Å². The average molecular weight is 378 g/mol. The van der Waals surface area contributed by atoms with Gasteiger partial charge in [0, 0.05) is 23.5 Å². The number of carboxylic acids is 1. The van der Waals surface area contributed by atoms with Gasteiger partial charge in [0.15, 0.2) is 5.82 Å². The molecule has 4 aromatic rings. The van der Waals surface area contributed by atoms with Crippen molar-refractivity contribution >= 4 is 33.2 Å². The molecule has 8 heteroatoms. The quantitative estimate of drug-likeness (QED) is 0.557. The van der Waals surface area contributed by atoms with Crippen LogP contribution in [0, 0.1) is 0 Å². The molecule has 0 saturated heterocycles. The van der Waals surface area contributed by atoms with Crippen molar-refractivity contribution in [2.24, 2.45) is 0 Å². The van der Waals surface area contributed by atoms with Gasteiger partial charge in [-0.05, 0) is 24.3 Å². The van der Waals surface area contributed by atoms with Gasteiger partial charge in [-0.2, -0.15) is 0 Å². The van der Waals surface area contributed by atoms with E-state index in [1.165, 1.54) is 0 Å². The minimum Gasteiger partial charge on any atom is -0.496 e. The van der Waals surface area contributed by atoms with Crippen LogP contribution >= 0.6 is 11.3 Å². The number of benzene rings is 1. The Morgan fingerprint density at radius 2 is 1.89 bits per heavy atom. The van der Waals surface area contributed by atoms with E-state index < -0.39 is 5.97 Å². The van der Waals surface area contributed by atoms with Crippen molar-refractivity contribution in [2.75, 3.05) is 12.8 Å². The number of hydrogen-bond donors (Lipinski definition) is 2. The number of aromatic carboxylic acids is 1. The van der Waals surface area contributed by atoms with Crippen LogP contribution in [0.1, 0.15) is 9.67 Å². The van der Waals surface area contributed by atoms with E-state index in [-0.39, 0.29) is 10.6 Å². The highest BCUT2D eigenvalue weighted by Crippen LogP contribution is 2.41. The molecule has 0 bridgehead atoms. The maximum absolute atomic E-state index is 11.6. The number of nitrogen functional groups attached to an aromatic ring is 1. The van der Waals surface area contributed by atoms with Crippen LogP contribution in [-0.4, -0.2) is 33.1 Å². The lowest BCUT2D eigenvalue weighted by atomic mass is 10.1. The van der Waals surface area contributed by atoms with Crippen LogP contribution in [0.25, 0.3) is 32.9 Å². The summed E-state index contributed by atoms with van der Waals surface area (Å²) in [6.07, 6.45) is 3.30. The van der Waals surface area contributed by atoms with Gasteiger partial charge in [-0.1, -0.05) is 12.1 Å². The molecule has 0 spiro atoms. The Balaban J connectivity index is 2.09. The van der Waals surface area contributed by atoms with Crippen molar-refractivity contribution in [1.29, 1.82) is 0 Å². The van der Waals surface area contributed by atoms with Gasteiger partial charge in [-0.25, -0.2) is 14.8 Å². The molecule has 1 aromatic carbocycles. The highest BCUT2D eigenvalue weighted by molar-refractivity contribution is 7.21. The van der Waals surface area contributed by atoms with Gasteiger partial charge in [-0.15, -0.1) is 11.3 Å². The van der Waals surface area contributed by atoms with E-state index in [4.69, 9.17) is 15.5 Å². The molecule has 0 fully saturated rings. The van der Waals surface area contributed by atoms with Crippen molar-refractivity contribution in [3.05, 3.63) is 53.7 Å². The summed E-state index contributed by atoms with van der Waals surface area (Å²) in [7, 11) is 1.57. The SMILES string of the molecule is COc1ccccc1-c1nc(-c2ccncc2)nc2sc(C(=O)O)c(N)c12. The van der Waals surface area contributed by atoms with Gasteiger partial charge in [0.05, 0.1) is 23.9 Å². The summed E-state index contributed by atoms with van der Waals surface area (Å²) in [5, 5.41) is 9.98. The summed E-state index contributed by atoms with van der Waals surface area (Å²) in [6, 6.07) is 11.0. The molecular formula is C19H14N4O3S. The summed E-state index contributed by atoms with van der Waals surface area (Å²) < 4.78 is 5.46. The van der Waals surface area contributed by atoms with Gasteiger partial charge in [0.2, 0.25) is 0 Å². The number of ether oxygens (including phenoxy) is 1. The minimum absolute atomic E-state index is 0.0438. The number of aromatic nitrogens is 3. The van der Waals surface area contributed by atoms with Gasteiger partial charge in [-0.3, -0.25) is 4.98 Å². The van der Waals surface area contributed by atoms with Crippen LogP contribution in [0.2, 0.25) is 0 Å². The Morgan fingerprint density at radius 1 is 1.15 bits per heavy atom. The van der Waals surface area contributed by atoms with E-state index in [0.29, 0.717) is 33.0 Å². The molecule has 134 valence electrons. The third kappa shape index (κ3) is 2.85. The van der Waals surface area contributed by atoms with Crippen LogP contribution < -0.4 is 10.5 Å². The second-order valence-corrected chi connectivity index (χ2v) is 6.66. The summed E-state index contributed by atoms with van der Waals surface area (Å²) in [5.74, 6) is -0.0170. The number of nitrogens with two attached hydrogens (primary N) is 1. The normalized spacial score (nSPS) is 10.9. The van der Waals surface area contributed by atoms with Crippen molar-refractivity contribution in [1.82, 2.24) is 15.0 Å². The van der Waals surface area contributed by atoms with Crippen molar-refractivity contribution < 1.29 is 14.6 Å². The minimum atomic E-state index is -1.09. The number of methoxy groups -OCH3 is 1. The Hall–Kier alpha value is -3.52. The molecule has 7 nitrogen and oxygen atoms in total. The Kier molecular flexibility index (Phi) is 4.17. The topological polar surface area (TPSA) is 111 Å². The molecule has 0 aliphatic rings. The van der Waals surface area contributed by atoms with Crippen LogP contribution in [0.4, 0.5) is 5.69 Å². The van der Waals surface area contributed by atoms with Crippen molar-refractivity contribution in [3.8, 4) is 28.4 Å². The molecule has 0 unspecified atom stereocenters. The monoisotopic (exact) mass is 378 g/mol. The Bertz CT molecular complexity index is 1160.